The van der Waals surface area contributed by atoms with Crippen LogP contribution < -0.4 is 10.7 Å². The zero-order valence-corrected chi connectivity index (χ0v) is 14.9. The molecule has 0 saturated heterocycles. The summed E-state index contributed by atoms with van der Waals surface area (Å²) in [5.41, 5.74) is 5.46. The van der Waals surface area contributed by atoms with E-state index in [4.69, 9.17) is 23.2 Å². The number of benzene rings is 2. The summed E-state index contributed by atoms with van der Waals surface area (Å²) >= 11 is 11.8. The van der Waals surface area contributed by atoms with Crippen LogP contribution in [0.3, 0.4) is 0 Å². The van der Waals surface area contributed by atoms with Gasteiger partial charge in [0.1, 0.15) is 0 Å². The molecule has 0 saturated carbocycles. The SMILES string of the molecule is Cc1ccc(NCCCC(=O)NN=Cc2ccc(Cl)cc2Cl)cc1. The van der Waals surface area contributed by atoms with Gasteiger partial charge < -0.3 is 5.32 Å². The third kappa shape index (κ3) is 6.22. The molecule has 0 bridgehead atoms. The molecule has 0 radical (unpaired) electrons. The minimum atomic E-state index is -0.137. The number of hydrogen-bond acceptors (Lipinski definition) is 3. The predicted octanol–water partition coefficient (Wildman–Crippen LogP) is 4.64. The van der Waals surface area contributed by atoms with Gasteiger partial charge in [-0.1, -0.05) is 47.0 Å². The number of rotatable bonds is 7. The quantitative estimate of drug-likeness (QED) is 0.427. The molecule has 1 amide bonds. The summed E-state index contributed by atoms with van der Waals surface area (Å²) in [6.07, 6.45) is 2.61. The molecule has 0 heterocycles. The maximum absolute atomic E-state index is 11.7. The van der Waals surface area contributed by atoms with Crippen LogP contribution in [0.25, 0.3) is 0 Å². The molecule has 2 N–H and O–H groups in total. The van der Waals surface area contributed by atoms with Gasteiger partial charge in [-0.3, -0.25) is 4.79 Å². The Balaban J connectivity index is 1.67. The summed E-state index contributed by atoms with van der Waals surface area (Å²) in [6.45, 7) is 2.77. The van der Waals surface area contributed by atoms with Crippen molar-refractivity contribution in [3.63, 3.8) is 0 Å². The summed E-state index contributed by atoms with van der Waals surface area (Å²) in [5.74, 6) is -0.137. The van der Waals surface area contributed by atoms with E-state index >= 15 is 0 Å². The number of carbonyl (C=O) groups is 1. The first kappa shape index (κ1) is 18.3. The van der Waals surface area contributed by atoms with E-state index in [2.05, 4.69) is 15.8 Å². The molecule has 0 aliphatic rings. The molecule has 0 unspecified atom stereocenters. The van der Waals surface area contributed by atoms with Crippen molar-refractivity contribution in [3.8, 4) is 0 Å². The van der Waals surface area contributed by atoms with Crippen molar-refractivity contribution in [2.24, 2.45) is 5.10 Å². The van der Waals surface area contributed by atoms with E-state index in [-0.39, 0.29) is 5.91 Å². The van der Waals surface area contributed by atoms with Crippen molar-refractivity contribution < 1.29 is 4.79 Å². The standard InChI is InChI=1S/C18H19Cl2N3O/c1-13-4-8-16(9-5-13)21-10-2-3-18(24)23-22-12-14-6-7-15(19)11-17(14)20/h4-9,11-12,21H,2-3,10H2,1H3,(H,23,24). The number of hydrazone groups is 1. The molecule has 126 valence electrons. The molecule has 0 fully saturated rings. The zero-order valence-electron chi connectivity index (χ0n) is 13.4. The lowest BCUT2D eigenvalue weighted by Gasteiger charge is -2.06. The first-order valence-corrected chi connectivity index (χ1v) is 8.38. The van der Waals surface area contributed by atoms with Crippen molar-refractivity contribution in [3.05, 3.63) is 63.6 Å². The molecule has 2 aromatic rings. The maximum atomic E-state index is 11.7. The van der Waals surface area contributed by atoms with Crippen LogP contribution >= 0.6 is 23.2 Å². The number of aryl methyl sites for hydroxylation is 1. The van der Waals surface area contributed by atoms with Gasteiger partial charge in [0.05, 0.1) is 11.2 Å². The highest BCUT2D eigenvalue weighted by atomic mass is 35.5. The number of halogens is 2. The zero-order chi connectivity index (χ0) is 17.4. The molecule has 0 aromatic heterocycles. The highest BCUT2D eigenvalue weighted by Crippen LogP contribution is 2.19. The van der Waals surface area contributed by atoms with Crippen LogP contribution in [0.2, 0.25) is 10.0 Å². The van der Waals surface area contributed by atoms with E-state index in [1.165, 1.54) is 11.8 Å². The molecule has 2 rings (SSSR count). The predicted molar refractivity (Wildman–Crippen MR) is 101 cm³/mol. The Morgan fingerprint density at radius 3 is 2.62 bits per heavy atom. The van der Waals surface area contributed by atoms with Gasteiger partial charge in [-0.25, -0.2) is 5.43 Å². The average molecular weight is 364 g/mol. The minimum absolute atomic E-state index is 0.137. The van der Waals surface area contributed by atoms with E-state index in [1.807, 2.05) is 31.2 Å². The van der Waals surface area contributed by atoms with E-state index < -0.39 is 0 Å². The smallest absolute Gasteiger partial charge is 0.240 e. The first-order valence-electron chi connectivity index (χ1n) is 7.62. The third-order valence-corrected chi connectivity index (χ3v) is 3.88. The molecule has 24 heavy (non-hydrogen) atoms. The Morgan fingerprint density at radius 1 is 1.17 bits per heavy atom. The second-order valence-corrected chi connectivity index (χ2v) is 6.20. The fourth-order valence-electron chi connectivity index (χ4n) is 1.99. The van der Waals surface area contributed by atoms with Gasteiger partial charge in [0, 0.05) is 29.2 Å². The summed E-state index contributed by atoms with van der Waals surface area (Å²) in [6, 6.07) is 13.2. The normalized spacial score (nSPS) is 10.8. The molecule has 0 aliphatic heterocycles. The fraction of sp³-hybridized carbons (Fsp3) is 0.222. The summed E-state index contributed by atoms with van der Waals surface area (Å²) in [7, 11) is 0. The monoisotopic (exact) mass is 363 g/mol. The Morgan fingerprint density at radius 2 is 1.92 bits per heavy atom. The van der Waals surface area contributed by atoms with Crippen molar-refractivity contribution in [1.82, 2.24) is 5.43 Å². The minimum Gasteiger partial charge on any atom is -0.385 e. The van der Waals surface area contributed by atoms with Crippen LogP contribution in [0, 0.1) is 6.92 Å². The molecular formula is C18H19Cl2N3O. The van der Waals surface area contributed by atoms with E-state index in [0.29, 0.717) is 22.0 Å². The number of amides is 1. The van der Waals surface area contributed by atoms with E-state index in [0.717, 1.165) is 18.7 Å². The van der Waals surface area contributed by atoms with Crippen molar-refractivity contribution in [2.75, 3.05) is 11.9 Å². The Bertz CT molecular complexity index is 715. The number of nitrogens with zero attached hydrogens (tertiary/aromatic N) is 1. The number of nitrogens with one attached hydrogen (secondary N) is 2. The molecule has 0 spiro atoms. The second-order valence-electron chi connectivity index (χ2n) is 5.36. The fourth-order valence-corrected chi connectivity index (χ4v) is 2.45. The number of carbonyl (C=O) groups excluding carboxylic acids is 1. The van der Waals surface area contributed by atoms with Crippen LogP contribution in [0.1, 0.15) is 24.0 Å². The summed E-state index contributed by atoms with van der Waals surface area (Å²) < 4.78 is 0. The lowest BCUT2D eigenvalue weighted by molar-refractivity contribution is -0.121. The van der Waals surface area contributed by atoms with Gasteiger partial charge in [-0.05, 0) is 37.6 Å². The average Bonchev–Trinajstić information content (AvgIpc) is 2.55. The highest BCUT2D eigenvalue weighted by Gasteiger charge is 2.01. The summed E-state index contributed by atoms with van der Waals surface area (Å²) in [4.78, 5) is 11.7. The largest absolute Gasteiger partial charge is 0.385 e. The van der Waals surface area contributed by atoms with Crippen molar-refractivity contribution in [1.29, 1.82) is 0 Å². The van der Waals surface area contributed by atoms with Crippen LogP contribution in [0.4, 0.5) is 5.69 Å². The number of hydrogen-bond donors (Lipinski definition) is 2. The Labute approximate surface area is 151 Å². The molecule has 2 aromatic carbocycles. The molecular weight excluding hydrogens is 345 g/mol. The van der Waals surface area contributed by atoms with Crippen LogP contribution in [0.15, 0.2) is 47.6 Å². The van der Waals surface area contributed by atoms with Crippen molar-refractivity contribution in [2.45, 2.75) is 19.8 Å². The van der Waals surface area contributed by atoms with E-state index in [9.17, 15) is 4.79 Å². The Kier molecular flexibility index (Phi) is 7.09. The van der Waals surface area contributed by atoms with Crippen molar-refractivity contribution >= 4 is 41.0 Å². The summed E-state index contributed by atoms with van der Waals surface area (Å²) in [5, 5.41) is 8.23. The first-order chi connectivity index (χ1) is 11.5. The second kappa shape index (κ2) is 9.30. The highest BCUT2D eigenvalue weighted by molar-refractivity contribution is 6.36. The third-order valence-electron chi connectivity index (χ3n) is 3.32. The van der Waals surface area contributed by atoms with E-state index in [1.54, 1.807) is 18.2 Å². The molecule has 6 heteroatoms. The van der Waals surface area contributed by atoms with Gasteiger partial charge in [0.25, 0.3) is 0 Å². The van der Waals surface area contributed by atoms with Gasteiger partial charge in [0.2, 0.25) is 5.91 Å². The van der Waals surface area contributed by atoms with Gasteiger partial charge in [0.15, 0.2) is 0 Å². The lowest BCUT2D eigenvalue weighted by atomic mass is 10.2. The molecule has 4 nitrogen and oxygen atoms in total. The van der Waals surface area contributed by atoms with Gasteiger partial charge in [-0.2, -0.15) is 5.10 Å². The topological polar surface area (TPSA) is 53.5 Å². The van der Waals surface area contributed by atoms with Crippen LogP contribution in [0.5, 0.6) is 0 Å². The lowest BCUT2D eigenvalue weighted by Crippen LogP contribution is -2.18. The molecule has 0 aliphatic carbocycles. The van der Waals surface area contributed by atoms with Gasteiger partial charge >= 0.3 is 0 Å². The molecule has 0 atom stereocenters. The van der Waals surface area contributed by atoms with Crippen LogP contribution in [-0.4, -0.2) is 18.7 Å². The maximum Gasteiger partial charge on any atom is 0.240 e. The van der Waals surface area contributed by atoms with Gasteiger partial charge in [-0.15, -0.1) is 0 Å². The Hall–Kier alpha value is -2.04. The van der Waals surface area contributed by atoms with Crippen LogP contribution in [-0.2, 0) is 4.79 Å². The number of anilines is 1.